The summed E-state index contributed by atoms with van der Waals surface area (Å²) in [6.45, 7) is 10.5. The first kappa shape index (κ1) is 23.4. The first-order valence-corrected chi connectivity index (χ1v) is 10.7. The van der Waals surface area contributed by atoms with Gasteiger partial charge in [-0.3, -0.25) is 9.69 Å². The van der Waals surface area contributed by atoms with Gasteiger partial charge in [0.2, 0.25) is 0 Å². The highest BCUT2D eigenvalue weighted by molar-refractivity contribution is 5.94. The number of rotatable bonds is 10. The Balaban J connectivity index is 2.12. The van der Waals surface area contributed by atoms with Gasteiger partial charge in [0.05, 0.1) is 12.6 Å². The minimum absolute atomic E-state index is 0.0872. The predicted octanol–water partition coefficient (Wildman–Crippen LogP) is 3.18. The van der Waals surface area contributed by atoms with Crippen LogP contribution in [0.25, 0.3) is 0 Å². The molecule has 1 unspecified atom stereocenters. The van der Waals surface area contributed by atoms with Gasteiger partial charge in [0, 0.05) is 25.7 Å². The van der Waals surface area contributed by atoms with Gasteiger partial charge in [-0.15, -0.1) is 0 Å². The minimum atomic E-state index is -0.0872. The fourth-order valence-electron chi connectivity index (χ4n) is 3.46. The number of guanidine groups is 1. The Labute approximate surface area is 180 Å². The molecular formula is C24H35N5O. The van der Waals surface area contributed by atoms with Crippen LogP contribution in [0.2, 0.25) is 0 Å². The van der Waals surface area contributed by atoms with Crippen molar-refractivity contribution in [3.8, 4) is 0 Å². The Morgan fingerprint density at radius 1 is 1.00 bits per heavy atom. The number of likely N-dealkylation sites (N-methyl/N-ethyl adjacent to an activating group) is 1. The highest BCUT2D eigenvalue weighted by atomic mass is 16.1. The zero-order chi connectivity index (χ0) is 21.8. The second kappa shape index (κ2) is 12.6. The van der Waals surface area contributed by atoms with Crippen molar-refractivity contribution in [3.05, 3.63) is 71.3 Å². The zero-order valence-electron chi connectivity index (χ0n) is 18.6. The maximum Gasteiger partial charge on any atom is 0.251 e. The predicted molar refractivity (Wildman–Crippen MR) is 125 cm³/mol. The molecule has 0 aliphatic rings. The number of nitrogens with one attached hydrogen (secondary N) is 3. The molecule has 0 radical (unpaired) electrons. The summed E-state index contributed by atoms with van der Waals surface area (Å²) < 4.78 is 0. The summed E-state index contributed by atoms with van der Waals surface area (Å²) in [4.78, 5) is 19.0. The third kappa shape index (κ3) is 6.88. The van der Waals surface area contributed by atoms with E-state index in [9.17, 15) is 4.79 Å². The Hall–Kier alpha value is -2.86. The monoisotopic (exact) mass is 409 g/mol. The maximum absolute atomic E-state index is 11.9. The molecule has 0 saturated carbocycles. The second-order valence-electron chi connectivity index (χ2n) is 7.00. The number of hydrogen-bond donors (Lipinski definition) is 3. The SMILES string of the molecule is CCNC(=NCc1cccc(C(=O)NC)c1)NCC(c1ccccc1)N(CC)CC. The zero-order valence-corrected chi connectivity index (χ0v) is 18.6. The first-order chi connectivity index (χ1) is 14.6. The molecule has 0 fully saturated rings. The lowest BCUT2D eigenvalue weighted by Crippen LogP contribution is -2.43. The fraction of sp³-hybridized carbons (Fsp3) is 0.417. The summed E-state index contributed by atoms with van der Waals surface area (Å²) in [5.41, 5.74) is 2.94. The van der Waals surface area contributed by atoms with Crippen LogP contribution < -0.4 is 16.0 Å². The number of amides is 1. The van der Waals surface area contributed by atoms with Gasteiger partial charge >= 0.3 is 0 Å². The molecule has 30 heavy (non-hydrogen) atoms. The average molecular weight is 410 g/mol. The summed E-state index contributed by atoms with van der Waals surface area (Å²) in [6.07, 6.45) is 0. The molecule has 1 atom stereocenters. The fourth-order valence-corrected chi connectivity index (χ4v) is 3.46. The quantitative estimate of drug-likeness (QED) is 0.416. The van der Waals surface area contributed by atoms with Gasteiger partial charge in [-0.2, -0.15) is 0 Å². The molecule has 0 aromatic heterocycles. The highest BCUT2D eigenvalue weighted by Gasteiger charge is 2.18. The Morgan fingerprint density at radius 2 is 1.73 bits per heavy atom. The van der Waals surface area contributed by atoms with Crippen molar-refractivity contribution in [1.29, 1.82) is 0 Å². The van der Waals surface area contributed by atoms with Crippen LogP contribution in [0.1, 0.15) is 48.3 Å². The maximum atomic E-state index is 11.9. The van der Waals surface area contributed by atoms with Crippen molar-refractivity contribution in [3.63, 3.8) is 0 Å². The molecule has 0 aliphatic heterocycles. The van der Waals surface area contributed by atoms with E-state index in [-0.39, 0.29) is 11.9 Å². The Bertz CT molecular complexity index is 802. The van der Waals surface area contributed by atoms with Crippen molar-refractivity contribution in [2.75, 3.05) is 33.2 Å². The topological polar surface area (TPSA) is 68.8 Å². The third-order valence-corrected chi connectivity index (χ3v) is 5.08. The number of aliphatic imine (C=N–C) groups is 1. The van der Waals surface area contributed by atoms with E-state index in [0.29, 0.717) is 12.1 Å². The van der Waals surface area contributed by atoms with Crippen LogP contribution in [0.15, 0.2) is 59.6 Å². The van der Waals surface area contributed by atoms with Crippen LogP contribution >= 0.6 is 0 Å². The van der Waals surface area contributed by atoms with E-state index in [1.165, 1.54) is 5.56 Å². The van der Waals surface area contributed by atoms with Gasteiger partial charge < -0.3 is 16.0 Å². The van der Waals surface area contributed by atoms with Crippen LogP contribution in [-0.4, -0.2) is 50.0 Å². The van der Waals surface area contributed by atoms with E-state index in [1.54, 1.807) is 7.05 Å². The van der Waals surface area contributed by atoms with Crippen LogP contribution in [0.4, 0.5) is 0 Å². The van der Waals surface area contributed by atoms with Gasteiger partial charge in [0.15, 0.2) is 5.96 Å². The molecule has 2 rings (SSSR count). The van der Waals surface area contributed by atoms with E-state index >= 15 is 0 Å². The average Bonchev–Trinajstić information content (AvgIpc) is 2.80. The van der Waals surface area contributed by atoms with E-state index in [2.05, 4.69) is 72.0 Å². The molecule has 162 valence electrons. The third-order valence-electron chi connectivity index (χ3n) is 5.08. The first-order valence-electron chi connectivity index (χ1n) is 10.7. The van der Waals surface area contributed by atoms with Crippen molar-refractivity contribution in [2.24, 2.45) is 4.99 Å². The molecule has 0 aliphatic carbocycles. The van der Waals surface area contributed by atoms with E-state index in [4.69, 9.17) is 4.99 Å². The van der Waals surface area contributed by atoms with Gasteiger partial charge in [0.1, 0.15) is 0 Å². The largest absolute Gasteiger partial charge is 0.357 e. The van der Waals surface area contributed by atoms with Crippen LogP contribution in [0.3, 0.4) is 0 Å². The molecule has 0 bridgehead atoms. The summed E-state index contributed by atoms with van der Waals surface area (Å²) in [5.74, 6) is 0.687. The summed E-state index contributed by atoms with van der Waals surface area (Å²) in [7, 11) is 1.64. The van der Waals surface area contributed by atoms with Gasteiger partial charge in [-0.25, -0.2) is 4.99 Å². The molecule has 1 amide bonds. The number of hydrogen-bond acceptors (Lipinski definition) is 3. The van der Waals surface area contributed by atoms with Crippen molar-refractivity contribution in [2.45, 2.75) is 33.4 Å². The highest BCUT2D eigenvalue weighted by Crippen LogP contribution is 2.19. The Morgan fingerprint density at radius 3 is 2.37 bits per heavy atom. The molecule has 0 saturated heterocycles. The van der Waals surface area contributed by atoms with E-state index < -0.39 is 0 Å². The standard InChI is InChI=1S/C24H35N5O/c1-5-26-24(27-17-19-12-11-15-21(16-19)23(30)25-4)28-18-22(29(6-2)7-3)20-13-9-8-10-14-20/h8-16,22H,5-7,17-18H2,1-4H3,(H,25,30)(H2,26,27,28). The number of benzene rings is 2. The lowest BCUT2D eigenvalue weighted by atomic mass is 10.1. The molecule has 3 N–H and O–H groups in total. The van der Waals surface area contributed by atoms with Crippen molar-refractivity contribution < 1.29 is 4.79 Å². The van der Waals surface area contributed by atoms with E-state index in [1.807, 2.05) is 24.3 Å². The van der Waals surface area contributed by atoms with Gasteiger partial charge in [-0.1, -0.05) is 56.3 Å². The Kier molecular flexibility index (Phi) is 9.87. The molecule has 2 aromatic carbocycles. The van der Waals surface area contributed by atoms with Gasteiger partial charge in [0.25, 0.3) is 5.91 Å². The molecule has 0 heterocycles. The van der Waals surface area contributed by atoms with E-state index in [0.717, 1.165) is 37.7 Å². The molecule has 2 aromatic rings. The summed E-state index contributed by atoms with van der Waals surface area (Å²) >= 11 is 0. The minimum Gasteiger partial charge on any atom is -0.357 e. The lowest BCUT2D eigenvalue weighted by molar-refractivity contribution is 0.0963. The summed E-state index contributed by atoms with van der Waals surface area (Å²) in [5, 5.41) is 9.49. The smallest absolute Gasteiger partial charge is 0.251 e. The van der Waals surface area contributed by atoms with Crippen molar-refractivity contribution >= 4 is 11.9 Å². The van der Waals surface area contributed by atoms with Crippen molar-refractivity contribution in [1.82, 2.24) is 20.9 Å². The normalized spacial score (nSPS) is 12.5. The molecule has 0 spiro atoms. The number of carbonyl (C=O) groups is 1. The molecule has 6 nitrogen and oxygen atoms in total. The number of carbonyl (C=O) groups excluding carboxylic acids is 1. The van der Waals surface area contributed by atoms with Crippen LogP contribution in [0, 0.1) is 0 Å². The van der Waals surface area contributed by atoms with Crippen LogP contribution in [-0.2, 0) is 6.54 Å². The molecule has 6 heteroatoms. The summed E-state index contributed by atoms with van der Waals surface area (Å²) in [6, 6.07) is 18.4. The van der Waals surface area contributed by atoms with Crippen LogP contribution in [0.5, 0.6) is 0 Å². The number of nitrogens with zero attached hydrogens (tertiary/aromatic N) is 2. The molecular weight excluding hydrogens is 374 g/mol. The second-order valence-corrected chi connectivity index (χ2v) is 7.00. The lowest BCUT2D eigenvalue weighted by Gasteiger charge is -2.30. The van der Waals surface area contributed by atoms with Gasteiger partial charge in [-0.05, 0) is 43.3 Å².